The van der Waals surface area contributed by atoms with Crippen molar-refractivity contribution >= 4 is 11.8 Å². The van der Waals surface area contributed by atoms with E-state index in [-0.39, 0.29) is 0 Å². The van der Waals surface area contributed by atoms with E-state index in [1.54, 1.807) is 6.20 Å². The van der Waals surface area contributed by atoms with Crippen molar-refractivity contribution in [1.82, 2.24) is 30.2 Å². The maximum Gasteiger partial charge on any atom is 0.215 e. The summed E-state index contributed by atoms with van der Waals surface area (Å²) in [5.74, 6) is 0. The molecule has 2 aromatic rings. The summed E-state index contributed by atoms with van der Waals surface area (Å²) >= 11 is 1.37. The fourth-order valence-electron chi connectivity index (χ4n) is 2.15. The first-order chi connectivity index (χ1) is 9.36. The van der Waals surface area contributed by atoms with Crippen molar-refractivity contribution in [3.63, 3.8) is 0 Å². The molecule has 0 unspecified atom stereocenters. The van der Waals surface area contributed by atoms with Gasteiger partial charge >= 0.3 is 0 Å². The molecule has 0 radical (unpaired) electrons. The Balaban J connectivity index is 1.79. The summed E-state index contributed by atoms with van der Waals surface area (Å²) < 4.78 is 1.87. The van der Waals surface area contributed by atoms with Gasteiger partial charge in [0, 0.05) is 0 Å². The lowest BCUT2D eigenvalue weighted by Crippen LogP contribution is -2.08. The SMILES string of the molecule is N#Cc1cnc(Sc2nnnn2C2CCCC2)cn1. The number of aromatic nitrogens is 6. The van der Waals surface area contributed by atoms with E-state index >= 15 is 0 Å². The second kappa shape index (κ2) is 5.32. The van der Waals surface area contributed by atoms with E-state index in [0.717, 1.165) is 18.0 Å². The number of nitriles is 1. The van der Waals surface area contributed by atoms with Crippen LogP contribution in [-0.4, -0.2) is 30.2 Å². The molecule has 0 N–H and O–H groups in total. The van der Waals surface area contributed by atoms with Crippen LogP contribution in [-0.2, 0) is 0 Å². The summed E-state index contributed by atoms with van der Waals surface area (Å²) in [7, 11) is 0. The van der Waals surface area contributed by atoms with Crippen molar-refractivity contribution in [2.24, 2.45) is 0 Å². The predicted molar refractivity (Wildman–Crippen MR) is 66.2 cm³/mol. The van der Waals surface area contributed by atoms with Crippen LogP contribution in [0.1, 0.15) is 37.4 Å². The van der Waals surface area contributed by atoms with E-state index < -0.39 is 0 Å². The Hall–Kier alpha value is -2.01. The second-order valence-electron chi connectivity index (χ2n) is 4.30. The third-order valence-corrected chi connectivity index (χ3v) is 3.94. The Kier molecular flexibility index (Phi) is 3.37. The molecule has 2 aromatic heterocycles. The monoisotopic (exact) mass is 273 g/mol. The van der Waals surface area contributed by atoms with Crippen LogP contribution in [0.4, 0.5) is 0 Å². The lowest BCUT2D eigenvalue weighted by Gasteiger charge is -2.10. The maximum absolute atomic E-state index is 8.68. The van der Waals surface area contributed by atoms with Crippen molar-refractivity contribution < 1.29 is 0 Å². The number of tetrazole rings is 1. The van der Waals surface area contributed by atoms with Gasteiger partial charge in [-0.05, 0) is 35.0 Å². The van der Waals surface area contributed by atoms with Crippen LogP contribution in [0.15, 0.2) is 22.6 Å². The fraction of sp³-hybridized carbons (Fsp3) is 0.455. The van der Waals surface area contributed by atoms with Gasteiger partial charge in [-0.2, -0.15) is 5.26 Å². The zero-order valence-corrected chi connectivity index (χ0v) is 10.9. The summed E-state index contributed by atoms with van der Waals surface area (Å²) in [5.41, 5.74) is 0.305. The molecule has 1 saturated carbocycles. The van der Waals surface area contributed by atoms with Gasteiger partial charge in [-0.15, -0.1) is 5.10 Å². The number of hydrogen-bond donors (Lipinski definition) is 0. The highest BCUT2D eigenvalue weighted by Gasteiger charge is 2.22. The maximum atomic E-state index is 8.68. The van der Waals surface area contributed by atoms with Crippen molar-refractivity contribution in [2.45, 2.75) is 41.9 Å². The first-order valence-corrected chi connectivity index (χ1v) is 6.86. The summed E-state index contributed by atoms with van der Waals surface area (Å²) in [6.07, 6.45) is 7.72. The van der Waals surface area contributed by atoms with Gasteiger partial charge in [-0.3, -0.25) is 0 Å². The standard InChI is InChI=1S/C11H11N7S/c12-5-8-6-14-10(7-13-8)19-11-15-16-17-18(11)9-3-1-2-4-9/h6-7,9H,1-4H2. The molecule has 0 bridgehead atoms. The number of rotatable bonds is 3. The highest BCUT2D eigenvalue weighted by molar-refractivity contribution is 7.99. The molecule has 0 atom stereocenters. The highest BCUT2D eigenvalue weighted by atomic mass is 32.2. The van der Waals surface area contributed by atoms with Crippen molar-refractivity contribution in [3.05, 3.63) is 18.1 Å². The quantitative estimate of drug-likeness (QED) is 0.838. The topological polar surface area (TPSA) is 93.2 Å². The minimum absolute atomic E-state index is 0.305. The predicted octanol–water partition coefficient (Wildman–Crippen LogP) is 1.60. The van der Waals surface area contributed by atoms with E-state index in [1.807, 2.05) is 10.8 Å². The van der Waals surface area contributed by atoms with Crippen LogP contribution in [0, 0.1) is 11.3 Å². The Labute approximate surface area is 114 Å². The first-order valence-electron chi connectivity index (χ1n) is 6.04. The largest absolute Gasteiger partial charge is 0.245 e. The van der Waals surface area contributed by atoms with Gasteiger partial charge < -0.3 is 0 Å². The zero-order valence-electron chi connectivity index (χ0n) is 10.1. The van der Waals surface area contributed by atoms with Crippen LogP contribution in [0.3, 0.4) is 0 Å². The van der Waals surface area contributed by atoms with Gasteiger partial charge in [-0.25, -0.2) is 14.6 Å². The van der Waals surface area contributed by atoms with Crippen LogP contribution < -0.4 is 0 Å². The molecule has 3 rings (SSSR count). The Morgan fingerprint density at radius 2 is 2.11 bits per heavy atom. The lowest BCUT2D eigenvalue weighted by atomic mass is 10.3. The molecule has 19 heavy (non-hydrogen) atoms. The molecule has 1 aliphatic carbocycles. The third-order valence-electron chi connectivity index (χ3n) is 3.07. The van der Waals surface area contributed by atoms with E-state index in [9.17, 15) is 0 Å². The van der Waals surface area contributed by atoms with E-state index in [1.165, 1.54) is 30.8 Å². The van der Waals surface area contributed by atoms with Gasteiger partial charge in [0.25, 0.3) is 0 Å². The van der Waals surface area contributed by atoms with Crippen molar-refractivity contribution in [2.75, 3.05) is 0 Å². The average molecular weight is 273 g/mol. The van der Waals surface area contributed by atoms with E-state index in [0.29, 0.717) is 16.8 Å². The molecular weight excluding hydrogens is 262 g/mol. The fourth-order valence-corrected chi connectivity index (χ4v) is 2.91. The van der Waals surface area contributed by atoms with Gasteiger partial charge in [-0.1, -0.05) is 12.8 Å². The molecule has 0 saturated heterocycles. The molecule has 96 valence electrons. The normalized spacial score (nSPS) is 15.5. The Morgan fingerprint density at radius 3 is 2.79 bits per heavy atom. The molecule has 1 fully saturated rings. The smallest absolute Gasteiger partial charge is 0.215 e. The zero-order chi connectivity index (χ0) is 13.1. The van der Waals surface area contributed by atoms with Crippen LogP contribution in [0.2, 0.25) is 0 Å². The van der Waals surface area contributed by atoms with Crippen molar-refractivity contribution in [1.29, 1.82) is 5.26 Å². The molecule has 8 heteroatoms. The summed E-state index contributed by atoms with van der Waals surface area (Å²) in [4.78, 5) is 8.14. The molecule has 2 heterocycles. The Bertz CT molecular complexity index is 594. The molecule has 0 aliphatic heterocycles. The lowest BCUT2D eigenvalue weighted by molar-refractivity contribution is 0.423. The molecule has 7 nitrogen and oxygen atoms in total. The van der Waals surface area contributed by atoms with Gasteiger partial charge in [0.15, 0.2) is 5.69 Å². The minimum Gasteiger partial charge on any atom is -0.245 e. The molecule has 0 spiro atoms. The highest BCUT2D eigenvalue weighted by Crippen LogP contribution is 2.32. The Morgan fingerprint density at radius 1 is 1.26 bits per heavy atom. The number of hydrogen-bond acceptors (Lipinski definition) is 7. The summed E-state index contributed by atoms with van der Waals surface area (Å²) in [6.45, 7) is 0. The molecule has 1 aliphatic rings. The minimum atomic E-state index is 0.305. The van der Waals surface area contributed by atoms with Crippen LogP contribution >= 0.6 is 11.8 Å². The third kappa shape index (κ3) is 2.56. The second-order valence-corrected chi connectivity index (χ2v) is 5.29. The molecule has 0 amide bonds. The van der Waals surface area contributed by atoms with Crippen LogP contribution in [0.5, 0.6) is 0 Å². The molecular formula is C11H11N7S. The summed E-state index contributed by atoms with van der Waals surface area (Å²) in [6, 6.07) is 2.33. The number of nitrogens with zero attached hydrogens (tertiary/aromatic N) is 7. The van der Waals surface area contributed by atoms with Crippen LogP contribution in [0.25, 0.3) is 0 Å². The van der Waals surface area contributed by atoms with E-state index in [4.69, 9.17) is 5.26 Å². The van der Waals surface area contributed by atoms with E-state index in [2.05, 4.69) is 25.5 Å². The van der Waals surface area contributed by atoms with Gasteiger partial charge in [0.05, 0.1) is 18.4 Å². The molecule has 0 aromatic carbocycles. The first kappa shape index (κ1) is 12.0. The van der Waals surface area contributed by atoms with Gasteiger partial charge in [0.2, 0.25) is 5.16 Å². The van der Waals surface area contributed by atoms with Gasteiger partial charge in [0.1, 0.15) is 11.1 Å². The average Bonchev–Trinajstić information content (AvgIpc) is 3.10. The summed E-state index contributed by atoms with van der Waals surface area (Å²) in [5, 5.41) is 21.9. The van der Waals surface area contributed by atoms with Crippen molar-refractivity contribution in [3.8, 4) is 6.07 Å².